The van der Waals surface area contributed by atoms with E-state index in [0.29, 0.717) is 37.6 Å². The lowest BCUT2D eigenvalue weighted by molar-refractivity contribution is -0.269. The zero-order chi connectivity index (χ0) is 24.7. The van der Waals surface area contributed by atoms with Crippen LogP contribution in [0.4, 0.5) is 8.78 Å². The Balaban J connectivity index is 1.59. The fourth-order valence-corrected chi connectivity index (χ4v) is 9.00. The third-order valence-corrected chi connectivity index (χ3v) is 10.9. The highest BCUT2D eigenvalue weighted by molar-refractivity contribution is 8.13. The number of hydrogen-bond donors (Lipinski definition) is 1. The van der Waals surface area contributed by atoms with Crippen molar-refractivity contribution in [2.75, 3.05) is 12.6 Å². The molecule has 0 amide bonds. The summed E-state index contributed by atoms with van der Waals surface area (Å²) in [5.74, 6) is -1.02. The number of alkyl halides is 2. The van der Waals surface area contributed by atoms with Crippen LogP contribution in [0.3, 0.4) is 0 Å². The lowest BCUT2D eigenvalue weighted by Crippen LogP contribution is -2.69. The van der Waals surface area contributed by atoms with E-state index in [1.54, 1.807) is 13.0 Å². The quantitative estimate of drug-likeness (QED) is 0.617. The number of fused-ring (bicyclic) bond motifs is 7. The molecule has 5 rings (SSSR count). The number of thioether (sulfide) groups is 1. The van der Waals surface area contributed by atoms with Crippen molar-refractivity contribution in [3.8, 4) is 0 Å². The van der Waals surface area contributed by atoms with Crippen LogP contribution in [0, 0.1) is 28.6 Å². The molecule has 0 aromatic rings. The summed E-state index contributed by atoms with van der Waals surface area (Å²) >= 11 is 0.628. The minimum atomic E-state index is -1.95. The molecule has 4 aliphatic carbocycles. The van der Waals surface area contributed by atoms with Crippen molar-refractivity contribution in [3.63, 3.8) is 0 Å². The molecule has 0 spiro atoms. The van der Waals surface area contributed by atoms with Crippen molar-refractivity contribution in [1.29, 1.82) is 0 Å². The first-order valence-electron chi connectivity index (χ1n) is 12.5. The molecule has 1 heterocycles. The van der Waals surface area contributed by atoms with Crippen molar-refractivity contribution < 1.29 is 28.3 Å². The number of carbonyl (C=O) groups excluding carboxylic acids is 2. The number of aliphatic hydroxyl groups excluding tert-OH is 1. The number of hydrogen-bond acceptors (Lipinski definition) is 6. The van der Waals surface area contributed by atoms with E-state index in [0.717, 1.165) is 12.0 Å². The van der Waals surface area contributed by atoms with Gasteiger partial charge < -0.3 is 5.11 Å². The minimum Gasteiger partial charge on any atom is -0.390 e. The van der Waals surface area contributed by atoms with E-state index in [2.05, 4.69) is 6.92 Å². The summed E-state index contributed by atoms with van der Waals surface area (Å²) in [4.78, 5) is 32.1. The van der Waals surface area contributed by atoms with Gasteiger partial charge in [0.2, 0.25) is 5.12 Å². The monoisotopic (exact) mass is 495 g/mol. The number of hydroxylamine groups is 2. The summed E-state index contributed by atoms with van der Waals surface area (Å²) in [5.41, 5.74) is -4.40. The van der Waals surface area contributed by atoms with Gasteiger partial charge in [-0.05, 0) is 64.0 Å². The van der Waals surface area contributed by atoms with E-state index in [1.165, 1.54) is 12.2 Å². The van der Waals surface area contributed by atoms with Crippen LogP contribution in [-0.2, 0) is 14.4 Å². The van der Waals surface area contributed by atoms with Gasteiger partial charge in [-0.2, -0.15) is 5.06 Å². The molecule has 5 nitrogen and oxygen atoms in total. The Morgan fingerprint density at radius 2 is 2.12 bits per heavy atom. The van der Waals surface area contributed by atoms with Crippen LogP contribution in [-0.4, -0.2) is 57.0 Å². The van der Waals surface area contributed by atoms with Gasteiger partial charge in [0.15, 0.2) is 17.1 Å². The van der Waals surface area contributed by atoms with Crippen LogP contribution in [0.1, 0.15) is 59.8 Å². The highest BCUT2D eigenvalue weighted by Crippen LogP contribution is 2.73. The summed E-state index contributed by atoms with van der Waals surface area (Å²) in [7, 11) is 0. The highest BCUT2D eigenvalue weighted by atomic mass is 32.2. The lowest BCUT2D eigenvalue weighted by Gasteiger charge is -2.62. The topological polar surface area (TPSA) is 66.8 Å². The molecule has 8 heteroatoms. The Morgan fingerprint density at radius 1 is 1.38 bits per heavy atom. The molecular weight excluding hydrogens is 460 g/mol. The number of rotatable bonds is 4. The van der Waals surface area contributed by atoms with Crippen LogP contribution in [0.5, 0.6) is 0 Å². The van der Waals surface area contributed by atoms with Gasteiger partial charge in [-0.15, -0.1) is 0 Å². The molecule has 0 aromatic heterocycles. The van der Waals surface area contributed by atoms with E-state index >= 15 is 4.39 Å². The molecule has 0 aromatic carbocycles. The number of carbonyl (C=O) groups is 2. The molecule has 188 valence electrons. The average Bonchev–Trinajstić information content (AvgIpc) is 3.29. The number of halogens is 2. The number of aliphatic hydroxyl groups is 1. The molecule has 0 radical (unpaired) electrons. The molecule has 34 heavy (non-hydrogen) atoms. The lowest BCUT2D eigenvalue weighted by atomic mass is 9.45. The first kappa shape index (κ1) is 24.6. The van der Waals surface area contributed by atoms with E-state index < -0.39 is 40.1 Å². The van der Waals surface area contributed by atoms with Crippen molar-refractivity contribution >= 4 is 22.7 Å². The summed E-state index contributed by atoms with van der Waals surface area (Å²) < 4.78 is 30.7. The standard InChI is InChI=1S/C26H35F2NO4S/c1-5-15(2)29-13-17-11-20-19-7-6-16-10-18(30)8-9-23(16,3)25(19,28)21(31)12-24(20,4)26(17,33-29)22(32)34-14-27/h8-10,15,17,19-21,31H,5-7,11-14H2,1-4H3/t15?,17-,19-,20-,21-,23-,24-,25-,26-/m0/s1. The predicted octanol–water partition coefficient (Wildman–Crippen LogP) is 4.55. The van der Waals surface area contributed by atoms with Gasteiger partial charge in [0.25, 0.3) is 0 Å². The number of ketones is 1. The predicted molar refractivity (Wildman–Crippen MR) is 126 cm³/mol. The van der Waals surface area contributed by atoms with Gasteiger partial charge in [0.05, 0.1) is 6.10 Å². The van der Waals surface area contributed by atoms with Gasteiger partial charge >= 0.3 is 0 Å². The Hall–Kier alpha value is -1.09. The third-order valence-electron chi connectivity index (χ3n) is 10.2. The maximum atomic E-state index is 17.3. The third kappa shape index (κ3) is 2.83. The summed E-state index contributed by atoms with van der Waals surface area (Å²) in [6, 6.07) is -0.752. The second-order valence-electron chi connectivity index (χ2n) is 11.4. The molecule has 0 bridgehead atoms. The van der Waals surface area contributed by atoms with Crippen LogP contribution >= 0.6 is 11.8 Å². The summed E-state index contributed by atoms with van der Waals surface area (Å²) in [5, 5.41) is 13.0. The molecule has 1 unspecified atom stereocenters. The van der Waals surface area contributed by atoms with Crippen LogP contribution in [0.25, 0.3) is 0 Å². The highest BCUT2D eigenvalue weighted by Gasteiger charge is 2.79. The second-order valence-corrected chi connectivity index (χ2v) is 12.3. The van der Waals surface area contributed by atoms with Gasteiger partial charge in [0, 0.05) is 35.3 Å². The Kier molecular flexibility index (Phi) is 5.75. The first-order valence-corrected chi connectivity index (χ1v) is 13.5. The van der Waals surface area contributed by atoms with E-state index in [9.17, 15) is 19.1 Å². The van der Waals surface area contributed by atoms with Gasteiger partial charge in [-0.1, -0.05) is 37.3 Å². The van der Waals surface area contributed by atoms with E-state index in [1.807, 2.05) is 18.9 Å². The first-order chi connectivity index (χ1) is 16.0. The van der Waals surface area contributed by atoms with Gasteiger partial charge in [0.1, 0.15) is 6.01 Å². The molecule has 9 atom stereocenters. The van der Waals surface area contributed by atoms with Crippen molar-refractivity contribution in [1.82, 2.24) is 5.06 Å². The van der Waals surface area contributed by atoms with Crippen molar-refractivity contribution in [3.05, 3.63) is 23.8 Å². The number of allylic oxidation sites excluding steroid dienone is 4. The molecule has 1 aliphatic heterocycles. The van der Waals surface area contributed by atoms with Crippen LogP contribution < -0.4 is 0 Å². The molecule has 5 aliphatic rings. The zero-order valence-electron chi connectivity index (χ0n) is 20.4. The molecule has 1 N–H and O–H groups in total. The maximum absolute atomic E-state index is 17.3. The normalized spacial score (nSPS) is 48.6. The van der Waals surface area contributed by atoms with Crippen LogP contribution in [0.2, 0.25) is 0 Å². The number of nitrogens with zero attached hydrogens (tertiary/aromatic N) is 1. The zero-order valence-corrected chi connectivity index (χ0v) is 21.2. The SMILES string of the molecule is CCC(C)N1C[C@@H]2C[C@H]3[C@@H]4CCC5=CC(=O)C=C[C@]5(C)[C@@]4(F)[C@@H](O)C[C@]3(C)[C@]2(C(=O)SCF)O1. The Morgan fingerprint density at radius 3 is 2.79 bits per heavy atom. The minimum absolute atomic E-state index is 0.0543. The average molecular weight is 496 g/mol. The van der Waals surface area contributed by atoms with Crippen molar-refractivity contribution in [2.45, 2.75) is 83.2 Å². The van der Waals surface area contributed by atoms with Crippen molar-refractivity contribution in [2.24, 2.45) is 28.6 Å². The summed E-state index contributed by atoms with van der Waals surface area (Å²) in [6.07, 6.45) is 5.80. The van der Waals surface area contributed by atoms with Gasteiger partial charge in [-0.3, -0.25) is 14.4 Å². The fourth-order valence-electron chi connectivity index (χ4n) is 8.25. The molecule has 3 saturated carbocycles. The molecule has 1 saturated heterocycles. The van der Waals surface area contributed by atoms with E-state index in [4.69, 9.17) is 4.84 Å². The Bertz CT molecular complexity index is 972. The van der Waals surface area contributed by atoms with Crippen LogP contribution in [0.15, 0.2) is 23.8 Å². The molecular formula is C26H35F2NO4S. The maximum Gasteiger partial charge on any atom is 0.226 e. The Labute approximate surface area is 204 Å². The largest absolute Gasteiger partial charge is 0.390 e. The molecule has 4 fully saturated rings. The second kappa shape index (κ2) is 7.95. The summed E-state index contributed by atoms with van der Waals surface area (Å²) in [6.45, 7) is 8.37. The van der Waals surface area contributed by atoms with E-state index in [-0.39, 0.29) is 35.2 Å². The van der Waals surface area contributed by atoms with Gasteiger partial charge in [-0.25, -0.2) is 8.78 Å². The fraction of sp³-hybridized carbons (Fsp3) is 0.769. The smallest absolute Gasteiger partial charge is 0.226 e.